The molecule has 0 spiro atoms. The lowest BCUT2D eigenvalue weighted by molar-refractivity contribution is 0.415. The Hall–Kier alpha value is -3.28. The zero-order chi connectivity index (χ0) is 16.5. The van der Waals surface area contributed by atoms with Crippen molar-refractivity contribution in [3.63, 3.8) is 0 Å². The van der Waals surface area contributed by atoms with E-state index in [0.29, 0.717) is 12.1 Å². The van der Waals surface area contributed by atoms with Gasteiger partial charge in [0.15, 0.2) is 0 Å². The zero-order valence-corrected chi connectivity index (χ0v) is 13.1. The van der Waals surface area contributed by atoms with Crippen LogP contribution in [0.15, 0.2) is 53.5 Å². The summed E-state index contributed by atoms with van der Waals surface area (Å²) in [7, 11) is 1.63. The van der Waals surface area contributed by atoms with Crippen LogP contribution in [0.5, 0.6) is 5.75 Å². The Balaban J connectivity index is 1.63. The highest BCUT2D eigenvalue weighted by atomic mass is 16.5. The molecule has 0 radical (unpaired) electrons. The number of anilines is 1. The lowest BCUT2D eigenvalue weighted by Gasteiger charge is -2.08. The number of hydrogen-bond donors (Lipinski definition) is 3. The van der Waals surface area contributed by atoms with E-state index in [9.17, 15) is 4.79 Å². The van der Waals surface area contributed by atoms with Gasteiger partial charge in [-0.05, 0) is 42.5 Å². The molecule has 0 saturated heterocycles. The SMILES string of the molecule is COc1ccc2[nH]c(=O)c(CNc3ccc4cn[nH]c4c3)cc2c1. The van der Waals surface area contributed by atoms with Crippen molar-refractivity contribution in [2.24, 2.45) is 0 Å². The number of aromatic nitrogens is 3. The maximum absolute atomic E-state index is 12.2. The number of pyridine rings is 1. The molecule has 4 aromatic rings. The second-order valence-corrected chi connectivity index (χ2v) is 5.60. The second kappa shape index (κ2) is 5.73. The average Bonchev–Trinajstić information content (AvgIpc) is 3.07. The van der Waals surface area contributed by atoms with E-state index >= 15 is 0 Å². The van der Waals surface area contributed by atoms with Gasteiger partial charge in [0.25, 0.3) is 5.56 Å². The van der Waals surface area contributed by atoms with Crippen molar-refractivity contribution in [1.82, 2.24) is 15.2 Å². The fraction of sp³-hybridized carbons (Fsp3) is 0.111. The highest BCUT2D eigenvalue weighted by Crippen LogP contribution is 2.20. The number of methoxy groups -OCH3 is 1. The molecular weight excluding hydrogens is 304 g/mol. The highest BCUT2D eigenvalue weighted by Gasteiger charge is 2.05. The predicted octanol–water partition coefficient (Wildman–Crippen LogP) is 3.03. The van der Waals surface area contributed by atoms with Gasteiger partial charge >= 0.3 is 0 Å². The van der Waals surface area contributed by atoms with Gasteiger partial charge in [-0.2, -0.15) is 5.10 Å². The minimum atomic E-state index is -0.0946. The van der Waals surface area contributed by atoms with Crippen LogP contribution in [0, 0.1) is 0 Å². The molecule has 0 unspecified atom stereocenters. The normalized spacial score (nSPS) is 11.0. The Labute approximate surface area is 137 Å². The lowest BCUT2D eigenvalue weighted by Crippen LogP contribution is -2.15. The largest absolute Gasteiger partial charge is 0.497 e. The molecule has 0 amide bonds. The van der Waals surface area contributed by atoms with E-state index in [1.807, 2.05) is 42.5 Å². The van der Waals surface area contributed by atoms with E-state index in [4.69, 9.17) is 4.74 Å². The molecule has 0 fully saturated rings. The maximum atomic E-state index is 12.2. The van der Waals surface area contributed by atoms with Crippen molar-refractivity contribution in [1.29, 1.82) is 0 Å². The number of fused-ring (bicyclic) bond motifs is 2. The minimum absolute atomic E-state index is 0.0946. The van der Waals surface area contributed by atoms with E-state index in [-0.39, 0.29) is 5.56 Å². The zero-order valence-electron chi connectivity index (χ0n) is 13.1. The number of nitrogens with zero attached hydrogens (tertiary/aromatic N) is 1. The summed E-state index contributed by atoms with van der Waals surface area (Å²) in [6, 6.07) is 13.4. The van der Waals surface area contributed by atoms with Crippen molar-refractivity contribution in [3.05, 3.63) is 64.6 Å². The van der Waals surface area contributed by atoms with E-state index in [0.717, 1.165) is 33.2 Å². The van der Waals surface area contributed by atoms with Crippen LogP contribution < -0.4 is 15.6 Å². The highest BCUT2D eigenvalue weighted by molar-refractivity contribution is 5.82. The van der Waals surface area contributed by atoms with Gasteiger partial charge in [-0.15, -0.1) is 0 Å². The summed E-state index contributed by atoms with van der Waals surface area (Å²) in [6.07, 6.45) is 1.78. The van der Waals surface area contributed by atoms with E-state index in [1.54, 1.807) is 13.3 Å². The third-order valence-electron chi connectivity index (χ3n) is 4.05. The molecule has 4 rings (SSSR count). The van der Waals surface area contributed by atoms with Gasteiger partial charge in [-0.1, -0.05) is 0 Å². The van der Waals surface area contributed by atoms with E-state index in [2.05, 4.69) is 20.5 Å². The molecular formula is C18H16N4O2. The van der Waals surface area contributed by atoms with Crippen molar-refractivity contribution < 1.29 is 4.74 Å². The molecule has 0 saturated carbocycles. The smallest absolute Gasteiger partial charge is 0.253 e. The number of aromatic amines is 2. The van der Waals surface area contributed by atoms with Gasteiger partial charge in [-0.3, -0.25) is 9.89 Å². The van der Waals surface area contributed by atoms with Crippen LogP contribution in [-0.2, 0) is 6.54 Å². The predicted molar refractivity (Wildman–Crippen MR) is 94.5 cm³/mol. The van der Waals surface area contributed by atoms with Crippen LogP contribution in [0.3, 0.4) is 0 Å². The van der Waals surface area contributed by atoms with Crippen molar-refractivity contribution in [2.45, 2.75) is 6.54 Å². The molecule has 0 aliphatic carbocycles. The molecule has 0 atom stereocenters. The Bertz CT molecular complexity index is 1080. The van der Waals surface area contributed by atoms with Gasteiger partial charge in [0.1, 0.15) is 5.75 Å². The maximum Gasteiger partial charge on any atom is 0.253 e. The number of nitrogens with one attached hydrogen (secondary N) is 3. The van der Waals surface area contributed by atoms with Crippen LogP contribution in [-0.4, -0.2) is 22.3 Å². The molecule has 6 nitrogen and oxygen atoms in total. The molecule has 3 N–H and O–H groups in total. The Morgan fingerprint density at radius 3 is 2.88 bits per heavy atom. The summed E-state index contributed by atoms with van der Waals surface area (Å²) in [6.45, 7) is 0.433. The molecule has 6 heteroatoms. The number of benzene rings is 2. The summed E-state index contributed by atoms with van der Waals surface area (Å²) in [5.74, 6) is 0.762. The first-order valence-corrected chi connectivity index (χ1v) is 7.60. The number of rotatable bonds is 4. The lowest BCUT2D eigenvalue weighted by atomic mass is 10.1. The topological polar surface area (TPSA) is 82.8 Å². The third-order valence-corrected chi connectivity index (χ3v) is 4.05. The Morgan fingerprint density at radius 1 is 1.08 bits per heavy atom. The van der Waals surface area contributed by atoms with Gasteiger partial charge in [-0.25, -0.2) is 0 Å². The third kappa shape index (κ3) is 2.58. The first-order valence-electron chi connectivity index (χ1n) is 7.60. The fourth-order valence-electron chi connectivity index (χ4n) is 2.73. The van der Waals surface area contributed by atoms with Crippen molar-refractivity contribution in [3.8, 4) is 5.75 Å². The van der Waals surface area contributed by atoms with Crippen LogP contribution in [0.4, 0.5) is 5.69 Å². The number of H-pyrrole nitrogens is 2. The molecule has 2 aromatic carbocycles. The van der Waals surface area contributed by atoms with Crippen LogP contribution >= 0.6 is 0 Å². The van der Waals surface area contributed by atoms with E-state index < -0.39 is 0 Å². The van der Waals surface area contributed by atoms with E-state index in [1.165, 1.54) is 0 Å². The molecule has 2 heterocycles. The standard InChI is InChI=1S/C18H16N4O2/c1-24-15-4-5-16-12(7-15)6-13(18(23)21-16)9-19-14-3-2-11-10-20-22-17(11)8-14/h2-8,10,19H,9H2,1H3,(H,20,22)(H,21,23). The molecule has 0 aliphatic rings. The van der Waals surface area contributed by atoms with Crippen molar-refractivity contribution >= 4 is 27.5 Å². The molecule has 120 valence electrons. The number of hydrogen-bond acceptors (Lipinski definition) is 4. The summed E-state index contributed by atoms with van der Waals surface area (Å²) in [5.41, 5.74) is 3.25. The van der Waals surface area contributed by atoms with Crippen LogP contribution in [0.1, 0.15) is 5.56 Å². The Kier molecular flexibility index (Phi) is 3.42. The number of ether oxygens (including phenoxy) is 1. The minimum Gasteiger partial charge on any atom is -0.497 e. The second-order valence-electron chi connectivity index (χ2n) is 5.60. The average molecular weight is 320 g/mol. The summed E-state index contributed by atoms with van der Waals surface area (Å²) < 4.78 is 5.24. The molecule has 24 heavy (non-hydrogen) atoms. The first-order chi connectivity index (χ1) is 11.7. The van der Waals surface area contributed by atoms with Gasteiger partial charge in [0.2, 0.25) is 0 Å². The molecule has 0 aliphatic heterocycles. The van der Waals surface area contributed by atoms with Gasteiger partial charge in [0.05, 0.1) is 18.8 Å². The fourth-order valence-corrected chi connectivity index (χ4v) is 2.73. The van der Waals surface area contributed by atoms with Crippen LogP contribution in [0.25, 0.3) is 21.8 Å². The van der Waals surface area contributed by atoms with Gasteiger partial charge in [0, 0.05) is 34.1 Å². The summed E-state index contributed by atoms with van der Waals surface area (Å²) >= 11 is 0. The monoisotopic (exact) mass is 320 g/mol. The van der Waals surface area contributed by atoms with Gasteiger partial charge < -0.3 is 15.0 Å². The quantitative estimate of drug-likeness (QED) is 0.540. The first kappa shape index (κ1) is 14.3. The summed E-state index contributed by atoms with van der Waals surface area (Å²) in [5, 5.41) is 12.2. The Morgan fingerprint density at radius 2 is 2.00 bits per heavy atom. The molecule has 2 aromatic heterocycles. The van der Waals surface area contributed by atoms with Crippen molar-refractivity contribution in [2.75, 3.05) is 12.4 Å². The van der Waals surface area contributed by atoms with Crippen LogP contribution in [0.2, 0.25) is 0 Å². The molecule has 0 bridgehead atoms. The summed E-state index contributed by atoms with van der Waals surface area (Å²) in [4.78, 5) is 15.1.